The van der Waals surface area contributed by atoms with Crippen LogP contribution >= 0.6 is 23.2 Å². The van der Waals surface area contributed by atoms with Crippen molar-refractivity contribution < 1.29 is 9.47 Å². The molecule has 0 radical (unpaired) electrons. The van der Waals surface area contributed by atoms with Gasteiger partial charge >= 0.3 is 0 Å². The van der Waals surface area contributed by atoms with E-state index in [1.54, 1.807) is 19.3 Å². The van der Waals surface area contributed by atoms with Gasteiger partial charge in [0.05, 0.1) is 22.8 Å². The molecule has 144 valence electrons. The van der Waals surface area contributed by atoms with Crippen LogP contribution in [-0.2, 0) is 9.47 Å². The molecule has 7 nitrogen and oxygen atoms in total. The molecule has 2 aliphatic rings. The van der Waals surface area contributed by atoms with Gasteiger partial charge in [0.15, 0.2) is 5.96 Å². The summed E-state index contributed by atoms with van der Waals surface area (Å²) in [6, 6.07) is 1.67. The second-order valence-corrected chi connectivity index (χ2v) is 7.14. The summed E-state index contributed by atoms with van der Waals surface area (Å²) in [6.45, 7) is 4.49. The zero-order chi connectivity index (χ0) is 18.4. The molecule has 0 bridgehead atoms. The summed E-state index contributed by atoms with van der Waals surface area (Å²) >= 11 is 12.0. The zero-order valence-electron chi connectivity index (χ0n) is 14.9. The summed E-state index contributed by atoms with van der Waals surface area (Å²) in [5, 5.41) is 7.59. The molecule has 1 aromatic rings. The number of halogens is 2. The van der Waals surface area contributed by atoms with Crippen LogP contribution < -0.4 is 10.6 Å². The van der Waals surface area contributed by atoms with Crippen LogP contribution in [0, 0.1) is 0 Å². The van der Waals surface area contributed by atoms with Crippen LogP contribution in [0.15, 0.2) is 17.3 Å². The molecule has 3 heterocycles. The first-order valence-electron chi connectivity index (χ1n) is 8.91. The van der Waals surface area contributed by atoms with Crippen molar-refractivity contribution in [2.75, 3.05) is 51.8 Å². The molecular formula is C17H25Cl2N5O2. The third-order valence-corrected chi connectivity index (χ3v) is 4.99. The van der Waals surface area contributed by atoms with E-state index in [1.807, 2.05) is 0 Å². The van der Waals surface area contributed by atoms with E-state index in [0.717, 1.165) is 38.5 Å². The lowest BCUT2D eigenvalue weighted by molar-refractivity contribution is -0.0816. The smallest absolute Gasteiger partial charge is 0.193 e. The lowest BCUT2D eigenvalue weighted by Gasteiger charge is -2.37. The van der Waals surface area contributed by atoms with Gasteiger partial charge in [-0.3, -0.25) is 4.99 Å². The fourth-order valence-electron chi connectivity index (χ4n) is 3.22. The molecule has 0 aliphatic carbocycles. The Morgan fingerprint density at radius 1 is 1.31 bits per heavy atom. The molecule has 26 heavy (non-hydrogen) atoms. The lowest BCUT2D eigenvalue weighted by Crippen LogP contribution is -2.53. The van der Waals surface area contributed by atoms with Crippen molar-refractivity contribution in [3.05, 3.63) is 22.3 Å². The number of morpholine rings is 1. The maximum atomic E-state index is 6.11. The Labute approximate surface area is 164 Å². The van der Waals surface area contributed by atoms with E-state index in [2.05, 4.69) is 25.5 Å². The van der Waals surface area contributed by atoms with Gasteiger partial charge in [0.25, 0.3) is 0 Å². The first-order chi connectivity index (χ1) is 12.7. The number of hydrogen-bond acceptors (Lipinski definition) is 5. The topological polar surface area (TPSA) is 71.0 Å². The molecule has 1 aromatic heterocycles. The van der Waals surface area contributed by atoms with Crippen molar-refractivity contribution in [3.63, 3.8) is 0 Å². The summed E-state index contributed by atoms with van der Waals surface area (Å²) in [5.41, 5.74) is 0. The number of aromatic nitrogens is 1. The number of guanidine groups is 1. The molecule has 2 N–H and O–H groups in total. The maximum absolute atomic E-state index is 6.11. The monoisotopic (exact) mass is 401 g/mol. The van der Waals surface area contributed by atoms with Crippen molar-refractivity contribution in [2.45, 2.75) is 25.0 Å². The molecule has 0 aromatic carbocycles. The van der Waals surface area contributed by atoms with Crippen LogP contribution in [-0.4, -0.2) is 74.5 Å². The Hall–Kier alpha value is -1.28. The van der Waals surface area contributed by atoms with Gasteiger partial charge in [0, 0.05) is 46.0 Å². The fourth-order valence-corrected chi connectivity index (χ4v) is 3.67. The highest BCUT2D eigenvalue weighted by Crippen LogP contribution is 2.22. The third kappa shape index (κ3) is 5.13. The van der Waals surface area contributed by atoms with Gasteiger partial charge in [0.1, 0.15) is 11.9 Å². The zero-order valence-corrected chi connectivity index (χ0v) is 16.4. The molecule has 2 atom stereocenters. The van der Waals surface area contributed by atoms with Gasteiger partial charge in [-0.15, -0.1) is 0 Å². The molecule has 0 amide bonds. The minimum Gasteiger partial charge on any atom is -0.375 e. The Balaban J connectivity index is 1.45. The Morgan fingerprint density at radius 3 is 2.88 bits per heavy atom. The van der Waals surface area contributed by atoms with Crippen LogP contribution in [0.2, 0.25) is 10.0 Å². The minimum absolute atomic E-state index is 0.111. The molecule has 0 spiro atoms. The van der Waals surface area contributed by atoms with Gasteiger partial charge in [-0.1, -0.05) is 23.2 Å². The molecule has 3 rings (SSSR count). The van der Waals surface area contributed by atoms with E-state index in [4.69, 9.17) is 32.7 Å². The molecule has 2 fully saturated rings. The number of hydrogen-bond donors (Lipinski definition) is 2. The molecule has 9 heteroatoms. The predicted molar refractivity (Wildman–Crippen MR) is 104 cm³/mol. The van der Waals surface area contributed by atoms with E-state index in [9.17, 15) is 0 Å². The van der Waals surface area contributed by atoms with E-state index in [0.29, 0.717) is 35.6 Å². The van der Waals surface area contributed by atoms with Gasteiger partial charge in [0.2, 0.25) is 0 Å². The van der Waals surface area contributed by atoms with Crippen LogP contribution in [0.3, 0.4) is 0 Å². The first kappa shape index (κ1) is 19.5. The molecule has 0 saturated carbocycles. The third-order valence-electron chi connectivity index (χ3n) is 4.49. The molecule has 2 aliphatic heterocycles. The van der Waals surface area contributed by atoms with Gasteiger partial charge < -0.3 is 25.0 Å². The van der Waals surface area contributed by atoms with Crippen molar-refractivity contribution in [2.24, 2.45) is 4.99 Å². The highest BCUT2D eigenvalue weighted by atomic mass is 35.5. The Bertz CT molecular complexity index is 625. The number of rotatable bonds is 5. The summed E-state index contributed by atoms with van der Waals surface area (Å²) in [5.74, 6) is 1.49. The predicted octanol–water partition coefficient (Wildman–Crippen LogP) is 2.26. The number of ether oxygens (including phenoxy) is 2. The summed E-state index contributed by atoms with van der Waals surface area (Å²) in [6.07, 6.45) is 4.07. The van der Waals surface area contributed by atoms with Crippen LogP contribution in [0.5, 0.6) is 0 Å². The Morgan fingerprint density at radius 2 is 2.15 bits per heavy atom. The van der Waals surface area contributed by atoms with Crippen molar-refractivity contribution in [1.82, 2.24) is 15.2 Å². The van der Waals surface area contributed by atoms with E-state index in [-0.39, 0.29) is 12.2 Å². The van der Waals surface area contributed by atoms with Gasteiger partial charge in [-0.05, 0) is 18.9 Å². The number of nitrogens with zero attached hydrogens (tertiary/aromatic N) is 3. The normalized spacial score (nSPS) is 24.0. The largest absolute Gasteiger partial charge is 0.375 e. The fraction of sp³-hybridized carbons (Fsp3) is 0.647. The molecule has 2 saturated heterocycles. The molecule has 2 unspecified atom stereocenters. The summed E-state index contributed by atoms with van der Waals surface area (Å²) < 4.78 is 11.7. The second kappa shape index (κ2) is 9.60. The van der Waals surface area contributed by atoms with Crippen molar-refractivity contribution in [1.29, 1.82) is 0 Å². The Kier molecular flexibility index (Phi) is 7.19. The van der Waals surface area contributed by atoms with Crippen LogP contribution in [0.25, 0.3) is 0 Å². The first-order valence-corrected chi connectivity index (χ1v) is 9.66. The van der Waals surface area contributed by atoms with E-state index < -0.39 is 0 Å². The van der Waals surface area contributed by atoms with Gasteiger partial charge in [-0.25, -0.2) is 4.98 Å². The number of anilines is 1. The average Bonchev–Trinajstić information content (AvgIpc) is 3.18. The minimum atomic E-state index is 0.111. The standard InChI is InChI=1S/C17H25Cl2N5O2/c1-20-17(22-5-4-21-16-13(19)9-12(18)10-23-16)24-6-8-26-15(11-24)14-3-2-7-25-14/h9-10,14-15H,2-8,11H2,1H3,(H,20,22)(H,21,23). The quantitative estimate of drug-likeness (QED) is 0.447. The molecular weight excluding hydrogens is 377 g/mol. The maximum Gasteiger partial charge on any atom is 0.193 e. The van der Waals surface area contributed by atoms with E-state index in [1.165, 1.54) is 0 Å². The van der Waals surface area contributed by atoms with Crippen molar-refractivity contribution in [3.8, 4) is 0 Å². The lowest BCUT2D eigenvalue weighted by atomic mass is 10.1. The van der Waals surface area contributed by atoms with Crippen LogP contribution in [0.1, 0.15) is 12.8 Å². The number of nitrogens with one attached hydrogen (secondary N) is 2. The summed E-state index contributed by atoms with van der Waals surface area (Å²) in [4.78, 5) is 10.8. The number of aliphatic imine (C=N–C) groups is 1. The van der Waals surface area contributed by atoms with Gasteiger partial charge in [-0.2, -0.15) is 0 Å². The second-order valence-electron chi connectivity index (χ2n) is 6.29. The summed E-state index contributed by atoms with van der Waals surface area (Å²) in [7, 11) is 1.80. The average molecular weight is 402 g/mol. The SMILES string of the molecule is CN=C(NCCNc1ncc(Cl)cc1Cl)N1CCOC(C2CCCO2)C1. The van der Waals surface area contributed by atoms with Crippen molar-refractivity contribution >= 4 is 35.0 Å². The van der Waals surface area contributed by atoms with Crippen LogP contribution in [0.4, 0.5) is 5.82 Å². The highest BCUT2D eigenvalue weighted by Gasteiger charge is 2.32. The van der Waals surface area contributed by atoms with E-state index >= 15 is 0 Å². The number of pyridine rings is 1. The highest BCUT2D eigenvalue weighted by molar-refractivity contribution is 6.35.